The molecule has 0 radical (unpaired) electrons. The Morgan fingerprint density at radius 1 is 1.25 bits per heavy atom. The summed E-state index contributed by atoms with van der Waals surface area (Å²) in [4.78, 5) is 26.1. The molecule has 1 aliphatic heterocycles. The lowest BCUT2D eigenvalue weighted by Gasteiger charge is -2.22. The van der Waals surface area contributed by atoms with Crippen molar-refractivity contribution < 1.29 is 28.9 Å². The standard InChI is InChI=1S/C19H23NO6S2/c1-5-6-7-12(18(22)23)20-17(21)15(28-19(20)27)10-11-8-13(24-2)16(26-4)14(9-11)25-3/h8-10,12H,5-7H2,1-4H3,(H,22,23)/b15-10+. The Labute approximate surface area is 173 Å². The molecule has 2 rings (SSSR count). The van der Waals surface area contributed by atoms with Gasteiger partial charge >= 0.3 is 5.97 Å². The Bertz CT molecular complexity index is 783. The molecule has 1 unspecified atom stereocenters. The van der Waals surface area contributed by atoms with Crippen molar-refractivity contribution in [1.29, 1.82) is 0 Å². The van der Waals surface area contributed by atoms with Gasteiger partial charge in [0.1, 0.15) is 10.4 Å². The van der Waals surface area contributed by atoms with E-state index in [1.165, 1.54) is 26.2 Å². The van der Waals surface area contributed by atoms with Crippen molar-refractivity contribution >= 4 is 46.3 Å². The maximum Gasteiger partial charge on any atom is 0.326 e. The summed E-state index contributed by atoms with van der Waals surface area (Å²) in [6, 6.07) is 2.46. The fraction of sp³-hybridized carbons (Fsp3) is 0.421. The Hall–Kier alpha value is -2.26. The molecule has 1 fully saturated rings. The van der Waals surface area contributed by atoms with Gasteiger partial charge in [0, 0.05) is 0 Å². The molecule has 0 bridgehead atoms. The lowest BCUT2D eigenvalue weighted by Crippen LogP contribution is -2.43. The molecule has 1 amide bonds. The van der Waals surface area contributed by atoms with E-state index in [2.05, 4.69) is 0 Å². The number of carboxylic acids is 1. The van der Waals surface area contributed by atoms with E-state index in [1.807, 2.05) is 6.92 Å². The summed E-state index contributed by atoms with van der Waals surface area (Å²) in [6.07, 6.45) is 3.53. The normalized spacial score (nSPS) is 16.4. The third kappa shape index (κ3) is 4.59. The third-order valence-electron chi connectivity index (χ3n) is 4.24. The van der Waals surface area contributed by atoms with Crippen molar-refractivity contribution in [1.82, 2.24) is 4.90 Å². The highest BCUT2D eigenvalue weighted by Gasteiger charge is 2.40. The first kappa shape index (κ1) is 22.0. The number of carbonyl (C=O) groups is 2. The number of carboxylic acid groups (broad SMARTS) is 1. The van der Waals surface area contributed by atoms with Crippen molar-refractivity contribution in [2.45, 2.75) is 32.2 Å². The van der Waals surface area contributed by atoms with Crippen molar-refractivity contribution in [3.8, 4) is 17.2 Å². The number of unbranched alkanes of at least 4 members (excludes halogenated alkanes) is 1. The second kappa shape index (κ2) is 9.79. The molecule has 7 nitrogen and oxygen atoms in total. The van der Waals surface area contributed by atoms with E-state index in [0.717, 1.165) is 18.2 Å². The minimum absolute atomic E-state index is 0.243. The van der Waals surface area contributed by atoms with Crippen LogP contribution >= 0.6 is 24.0 Å². The number of hydrogen-bond acceptors (Lipinski definition) is 7. The summed E-state index contributed by atoms with van der Waals surface area (Å²) in [5.74, 6) is -0.115. The number of hydrogen-bond donors (Lipinski definition) is 1. The molecule has 1 aromatic rings. The first-order valence-corrected chi connectivity index (χ1v) is 9.90. The fourth-order valence-electron chi connectivity index (χ4n) is 2.85. The first-order valence-electron chi connectivity index (χ1n) is 8.67. The van der Waals surface area contributed by atoms with E-state index < -0.39 is 17.9 Å². The molecule has 0 aliphatic carbocycles. The van der Waals surface area contributed by atoms with E-state index in [1.54, 1.807) is 18.2 Å². The van der Waals surface area contributed by atoms with Crippen LogP contribution in [-0.4, -0.2) is 53.6 Å². The molecule has 0 saturated carbocycles. The molecule has 1 aliphatic rings. The van der Waals surface area contributed by atoms with Gasteiger partial charge in [0.25, 0.3) is 5.91 Å². The largest absolute Gasteiger partial charge is 0.493 e. The molecule has 28 heavy (non-hydrogen) atoms. The Morgan fingerprint density at radius 2 is 1.86 bits per heavy atom. The zero-order valence-corrected chi connectivity index (χ0v) is 17.8. The van der Waals surface area contributed by atoms with Crippen molar-refractivity contribution in [2.24, 2.45) is 0 Å². The van der Waals surface area contributed by atoms with Gasteiger partial charge in [0.05, 0.1) is 26.2 Å². The highest BCUT2D eigenvalue weighted by molar-refractivity contribution is 8.26. The topological polar surface area (TPSA) is 85.3 Å². The predicted molar refractivity (Wildman–Crippen MR) is 112 cm³/mol. The number of methoxy groups -OCH3 is 3. The summed E-state index contributed by atoms with van der Waals surface area (Å²) < 4.78 is 16.2. The first-order chi connectivity index (χ1) is 13.4. The van der Waals surface area contributed by atoms with Crippen molar-refractivity contribution in [2.75, 3.05) is 21.3 Å². The molecule has 0 aromatic heterocycles. The zero-order chi connectivity index (χ0) is 20.8. The molecule has 1 N–H and O–H groups in total. The maximum absolute atomic E-state index is 12.9. The number of rotatable bonds is 9. The van der Waals surface area contributed by atoms with E-state index in [0.29, 0.717) is 40.6 Å². The zero-order valence-electron chi connectivity index (χ0n) is 16.2. The van der Waals surface area contributed by atoms with Crippen LogP contribution in [0.25, 0.3) is 6.08 Å². The van der Waals surface area contributed by atoms with Gasteiger partial charge in [0.2, 0.25) is 5.75 Å². The molecular weight excluding hydrogens is 402 g/mol. The number of amides is 1. The predicted octanol–water partition coefficient (Wildman–Crippen LogP) is 3.56. The molecule has 9 heteroatoms. The summed E-state index contributed by atoms with van der Waals surface area (Å²) >= 11 is 6.37. The third-order valence-corrected chi connectivity index (χ3v) is 5.57. The van der Waals surface area contributed by atoms with Crippen molar-refractivity contribution in [3.05, 3.63) is 22.6 Å². The smallest absolute Gasteiger partial charge is 0.326 e. The summed E-state index contributed by atoms with van der Waals surface area (Å²) in [5.41, 5.74) is 0.649. The average molecular weight is 426 g/mol. The molecular formula is C19H23NO6S2. The Morgan fingerprint density at radius 3 is 2.32 bits per heavy atom. The number of thioether (sulfide) groups is 1. The molecule has 1 heterocycles. The minimum Gasteiger partial charge on any atom is -0.493 e. The molecule has 1 aromatic carbocycles. The number of aliphatic carboxylic acids is 1. The molecule has 1 saturated heterocycles. The van der Waals surface area contributed by atoms with Gasteiger partial charge in [-0.3, -0.25) is 9.69 Å². The number of benzene rings is 1. The lowest BCUT2D eigenvalue weighted by atomic mass is 10.1. The second-order valence-corrected chi connectivity index (χ2v) is 7.68. The lowest BCUT2D eigenvalue weighted by molar-refractivity contribution is -0.145. The van der Waals surface area contributed by atoms with Gasteiger partial charge in [-0.15, -0.1) is 0 Å². The Kier molecular flexibility index (Phi) is 7.70. The molecule has 0 spiro atoms. The van der Waals surface area contributed by atoms with E-state index >= 15 is 0 Å². The highest BCUT2D eigenvalue weighted by Crippen LogP contribution is 2.40. The van der Waals surface area contributed by atoms with E-state index in [-0.39, 0.29) is 4.32 Å². The SMILES string of the molecule is CCCCC(C(=O)O)N1C(=O)/C(=C\c2cc(OC)c(OC)c(OC)c2)SC1=S. The van der Waals surface area contributed by atoms with Crippen LogP contribution in [-0.2, 0) is 9.59 Å². The average Bonchev–Trinajstić information content (AvgIpc) is 2.94. The van der Waals surface area contributed by atoms with Crippen molar-refractivity contribution in [3.63, 3.8) is 0 Å². The van der Waals surface area contributed by atoms with Crippen LogP contribution in [0.5, 0.6) is 17.2 Å². The van der Waals surface area contributed by atoms with E-state index in [9.17, 15) is 14.7 Å². The molecule has 1 atom stereocenters. The quantitative estimate of drug-likeness (QED) is 0.475. The summed E-state index contributed by atoms with van der Waals surface area (Å²) in [7, 11) is 4.52. The summed E-state index contributed by atoms with van der Waals surface area (Å²) in [5, 5.41) is 9.54. The second-order valence-electron chi connectivity index (χ2n) is 6.01. The van der Waals surface area contributed by atoms with Crippen LogP contribution in [0.3, 0.4) is 0 Å². The minimum atomic E-state index is -1.06. The van der Waals surface area contributed by atoms with Gasteiger partial charge < -0.3 is 19.3 Å². The Balaban J connectivity index is 2.39. The highest BCUT2D eigenvalue weighted by atomic mass is 32.2. The number of thiocarbonyl (C=S) groups is 1. The van der Waals surface area contributed by atoms with Crippen LogP contribution in [0, 0.1) is 0 Å². The van der Waals surface area contributed by atoms with Gasteiger partial charge in [-0.05, 0) is 30.2 Å². The van der Waals surface area contributed by atoms with E-state index in [4.69, 9.17) is 26.4 Å². The van der Waals surface area contributed by atoms with Crippen LogP contribution in [0.15, 0.2) is 17.0 Å². The van der Waals surface area contributed by atoms with Crippen LogP contribution in [0.1, 0.15) is 31.7 Å². The molecule has 152 valence electrons. The van der Waals surface area contributed by atoms with Gasteiger partial charge in [0.15, 0.2) is 11.5 Å². The van der Waals surface area contributed by atoms with Crippen LogP contribution < -0.4 is 14.2 Å². The van der Waals surface area contributed by atoms with Gasteiger partial charge in [-0.1, -0.05) is 43.7 Å². The maximum atomic E-state index is 12.9. The summed E-state index contributed by atoms with van der Waals surface area (Å²) in [6.45, 7) is 1.97. The number of carbonyl (C=O) groups excluding carboxylic acids is 1. The van der Waals surface area contributed by atoms with Crippen LogP contribution in [0.2, 0.25) is 0 Å². The van der Waals surface area contributed by atoms with Crippen LogP contribution in [0.4, 0.5) is 0 Å². The van der Waals surface area contributed by atoms with Gasteiger partial charge in [-0.25, -0.2) is 4.79 Å². The monoisotopic (exact) mass is 425 g/mol. The number of nitrogens with zero attached hydrogens (tertiary/aromatic N) is 1. The van der Waals surface area contributed by atoms with Gasteiger partial charge in [-0.2, -0.15) is 0 Å². The fourth-order valence-corrected chi connectivity index (χ4v) is 4.20. The number of ether oxygens (including phenoxy) is 3.